The van der Waals surface area contributed by atoms with Gasteiger partial charge in [-0.05, 0) is 36.5 Å². The highest BCUT2D eigenvalue weighted by Crippen LogP contribution is 2.25. The van der Waals surface area contributed by atoms with Gasteiger partial charge in [0, 0.05) is 31.2 Å². The second-order valence-corrected chi connectivity index (χ2v) is 6.71. The molecule has 1 aromatic carbocycles. The summed E-state index contributed by atoms with van der Waals surface area (Å²) in [6, 6.07) is 15.0. The summed E-state index contributed by atoms with van der Waals surface area (Å²) in [5.41, 5.74) is 3.64. The lowest BCUT2D eigenvalue weighted by Gasteiger charge is -2.31. The molecule has 2 aromatic heterocycles. The van der Waals surface area contributed by atoms with E-state index in [0.717, 1.165) is 31.2 Å². The Hall–Kier alpha value is -2.29. The molecule has 0 amide bonds. The number of anilines is 1. The maximum atomic E-state index is 4.75. The third-order valence-corrected chi connectivity index (χ3v) is 4.93. The Balaban J connectivity index is 1.59. The lowest BCUT2D eigenvalue weighted by Crippen LogP contribution is -2.32. The molecule has 3 nitrogen and oxygen atoms in total. The topological polar surface area (TPSA) is 21.1 Å². The summed E-state index contributed by atoms with van der Waals surface area (Å²) in [5, 5.41) is 1.23. The fraction of sp³-hybridized carbons (Fsp3) is 0.350. The standard InChI is InChI=1S/C20H23N3/c1-16-7-10-22(11-8-16)19-13-18-9-12-23(20(18)21-14-19)15-17-5-3-2-4-6-17/h2-6,9,12-14,16H,7-8,10-11,15H2,1H3. The summed E-state index contributed by atoms with van der Waals surface area (Å²) in [7, 11) is 0. The Bertz CT molecular complexity index is 783. The highest BCUT2D eigenvalue weighted by atomic mass is 15.1. The smallest absolute Gasteiger partial charge is 0.140 e. The van der Waals surface area contributed by atoms with Crippen molar-refractivity contribution in [2.75, 3.05) is 18.0 Å². The zero-order valence-corrected chi connectivity index (χ0v) is 13.7. The van der Waals surface area contributed by atoms with E-state index in [1.165, 1.54) is 29.5 Å². The molecule has 3 aromatic rings. The van der Waals surface area contributed by atoms with E-state index >= 15 is 0 Å². The second-order valence-electron chi connectivity index (χ2n) is 6.71. The van der Waals surface area contributed by atoms with Crippen LogP contribution in [0.4, 0.5) is 5.69 Å². The van der Waals surface area contributed by atoms with Crippen LogP contribution >= 0.6 is 0 Å². The number of fused-ring (bicyclic) bond motifs is 1. The summed E-state index contributed by atoms with van der Waals surface area (Å²) >= 11 is 0. The predicted molar refractivity (Wildman–Crippen MR) is 95.9 cm³/mol. The molecule has 3 heterocycles. The van der Waals surface area contributed by atoms with Gasteiger partial charge in [0.15, 0.2) is 0 Å². The molecule has 0 radical (unpaired) electrons. The van der Waals surface area contributed by atoms with Crippen molar-refractivity contribution in [3.8, 4) is 0 Å². The molecule has 1 aliphatic heterocycles. The first-order chi connectivity index (χ1) is 11.3. The van der Waals surface area contributed by atoms with Crippen LogP contribution in [0.25, 0.3) is 11.0 Å². The molecule has 1 fully saturated rings. The fourth-order valence-electron chi connectivity index (χ4n) is 3.41. The molecule has 0 unspecified atom stereocenters. The third-order valence-electron chi connectivity index (χ3n) is 4.93. The van der Waals surface area contributed by atoms with Gasteiger partial charge < -0.3 is 9.47 Å². The molecule has 0 saturated carbocycles. The molecule has 0 bridgehead atoms. The van der Waals surface area contributed by atoms with Gasteiger partial charge >= 0.3 is 0 Å². The van der Waals surface area contributed by atoms with Gasteiger partial charge in [-0.15, -0.1) is 0 Å². The highest BCUT2D eigenvalue weighted by molar-refractivity contribution is 5.80. The van der Waals surface area contributed by atoms with Crippen LogP contribution in [0.1, 0.15) is 25.3 Å². The quantitative estimate of drug-likeness (QED) is 0.718. The summed E-state index contributed by atoms with van der Waals surface area (Å²) in [5.74, 6) is 0.856. The van der Waals surface area contributed by atoms with E-state index in [0.29, 0.717) is 0 Å². The normalized spacial score (nSPS) is 16.1. The minimum atomic E-state index is 0.856. The lowest BCUT2D eigenvalue weighted by molar-refractivity contribution is 0.438. The number of piperidine rings is 1. The molecule has 118 valence electrons. The minimum Gasteiger partial charge on any atom is -0.370 e. The largest absolute Gasteiger partial charge is 0.370 e. The van der Waals surface area contributed by atoms with Gasteiger partial charge in [0.25, 0.3) is 0 Å². The lowest BCUT2D eigenvalue weighted by atomic mass is 9.99. The minimum absolute atomic E-state index is 0.856. The van der Waals surface area contributed by atoms with Crippen molar-refractivity contribution in [3.05, 3.63) is 60.4 Å². The number of pyridine rings is 1. The van der Waals surface area contributed by atoms with Crippen LogP contribution in [0.5, 0.6) is 0 Å². The van der Waals surface area contributed by atoms with Gasteiger partial charge in [-0.2, -0.15) is 0 Å². The van der Waals surface area contributed by atoms with E-state index in [1.807, 2.05) is 6.20 Å². The molecular weight excluding hydrogens is 282 g/mol. The monoisotopic (exact) mass is 305 g/mol. The van der Waals surface area contributed by atoms with Gasteiger partial charge in [-0.1, -0.05) is 37.3 Å². The molecule has 0 N–H and O–H groups in total. The van der Waals surface area contributed by atoms with Crippen LogP contribution in [-0.4, -0.2) is 22.6 Å². The molecule has 3 heteroatoms. The van der Waals surface area contributed by atoms with Crippen molar-refractivity contribution in [3.63, 3.8) is 0 Å². The van der Waals surface area contributed by atoms with Crippen LogP contribution in [0.2, 0.25) is 0 Å². The van der Waals surface area contributed by atoms with E-state index in [2.05, 4.69) is 65.1 Å². The number of hydrogen-bond donors (Lipinski definition) is 0. The number of rotatable bonds is 3. The third kappa shape index (κ3) is 2.96. The average molecular weight is 305 g/mol. The van der Waals surface area contributed by atoms with Crippen LogP contribution < -0.4 is 4.90 Å². The van der Waals surface area contributed by atoms with Crippen LogP contribution in [0, 0.1) is 5.92 Å². The van der Waals surface area contributed by atoms with E-state index in [-0.39, 0.29) is 0 Å². The van der Waals surface area contributed by atoms with Crippen molar-refractivity contribution in [2.24, 2.45) is 5.92 Å². The molecular formula is C20H23N3. The molecule has 1 saturated heterocycles. The van der Waals surface area contributed by atoms with Crippen LogP contribution in [0.15, 0.2) is 54.9 Å². The van der Waals surface area contributed by atoms with Gasteiger partial charge in [-0.3, -0.25) is 0 Å². The average Bonchev–Trinajstić information content (AvgIpc) is 2.99. The first-order valence-corrected chi connectivity index (χ1v) is 8.53. The van der Waals surface area contributed by atoms with Crippen molar-refractivity contribution in [2.45, 2.75) is 26.3 Å². The molecule has 0 aliphatic carbocycles. The zero-order valence-electron chi connectivity index (χ0n) is 13.7. The number of hydrogen-bond acceptors (Lipinski definition) is 2. The number of aromatic nitrogens is 2. The van der Waals surface area contributed by atoms with Crippen LogP contribution in [0.3, 0.4) is 0 Å². The molecule has 1 aliphatic rings. The van der Waals surface area contributed by atoms with E-state index in [9.17, 15) is 0 Å². The number of nitrogens with zero attached hydrogens (tertiary/aromatic N) is 3. The van der Waals surface area contributed by atoms with Gasteiger partial charge in [0.2, 0.25) is 0 Å². The van der Waals surface area contributed by atoms with Crippen molar-refractivity contribution < 1.29 is 0 Å². The van der Waals surface area contributed by atoms with Crippen molar-refractivity contribution >= 4 is 16.7 Å². The van der Waals surface area contributed by atoms with E-state index in [1.54, 1.807) is 0 Å². The fourth-order valence-corrected chi connectivity index (χ4v) is 3.41. The first-order valence-electron chi connectivity index (χ1n) is 8.53. The highest BCUT2D eigenvalue weighted by Gasteiger charge is 2.17. The van der Waals surface area contributed by atoms with Crippen molar-refractivity contribution in [1.82, 2.24) is 9.55 Å². The first kappa shape index (κ1) is 14.3. The summed E-state index contributed by atoms with van der Waals surface area (Å²) in [4.78, 5) is 7.23. The summed E-state index contributed by atoms with van der Waals surface area (Å²) in [6.07, 6.45) is 6.76. The van der Waals surface area contributed by atoms with Crippen LogP contribution in [-0.2, 0) is 6.54 Å². The Kier molecular flexibility index (Phi) is 3.78. The van der Waals surface area contributed by atoms with E-state index < -0.39 is 0 Å². The maximum absolute atomic E-state index is 4.75. The Morgan fingerprint density at radius 2 is 1.87 bits per heavy atom. The zero-order chi connectivity index (χ0) is 15.6. The number of benzene rings is 1. The van der Waals surface area contributed by atoms with E-state index in [4.69, 9.17) is 4.98 Å². The predicted octanol–water partition coefficient (Wildman–Crippen LogP) is 4.32. The second kappa shape index (κ2) is 6.07. The maximum Gasteiger partial charge on any atom is 0.140 e. The Labute approximate surface area is 137 Å². The van der Waals surface area contributed by atoms with Gasteiger partial charge in [0.1, 0.15) is 5.65 Å². The molecule has 0 atom stereocenters. The van der Waals surface area contributed by atoms with Gasteiger partial charge in [0.05, 0.1) is 11.9 Å². The van der Waals surface area contributed by atoms with Crippen molar-refractivity contribution in [1.29, 1.82) is 0 Å². The SMILES string of the molecule is CC1CCN(c2cnc3c(ccn3Cc3ccccc3)c2)CC1. The van der Waals surface area contributed by atoms with Gasteiger partial charge in [-0.25, -0.2) is 4.98 Å². The molecule has 23 heavy (non-hydrogen) atoms. The molecule has 0 spiro atoms. The summed E-state index contributed by atoms with van der Waals surface area (Å²) < 4.78 is 2.23. The Morgan fingerprint density at radius 3 is 2.65 bits per heavy atom. The Morgan fingerprint density at radius 1 is 1.09 bits per heavy atom. The summed E-state index contributed by atoms with van der Waals surface area (Å²) in [6.45, 7) is 5.53. The molecule has 4 rings (SSSR count).